The van der Waals surface area contributed by atoms with Crippen LogP contribution in [-0.4, -0.2) is 47.9 Å². The Morgan fingerprint density at radius 2 is 2.06 bits per heavy atom. The normalized spacial score (nSPS) is 19.6. The number of fused-ring (bicyclic) bond motifs is 1. The van der Waals surface area contributed by atoms with Crippen molar-refractivity contribution in [3.8, 4) is 6.07 Å². The molecule has 2 heterocycles. The molecule has 0 radical (unpaired) electrons. The van der Waals surface area contributed by atoms with Crippen LogP contribution in [0.1, 0.15) is 24.1 Å². The summed E-state index contributed by atoms with van der Waals surface area (Å²) in [5.74, 6) is -0.268. The van der Waals surface area contributed by atoms with Crippen LogP contribution in [0.3, 0.4) is 0 Å². The van der Waals surface area contributed by atoms with Gasteiger partial charge in [0.15, 0.2) is 6.10 Å². The number of aliphatic hydroxyl groups excluding tert-OH is 1. The Labute approximate surface area is 180 Å². The predicted molar refractivity (Wildman–Crippen MR) is 117 cm³/mol. The molecule has 3 atom stereocenters. The molecule has 31 heavy (non-hydrogen) atoms. The number of nitrogens with one attached hydrogen (secondary N) is 1. The second kappa shape index (κ2) is 9.13. The largest absolute Gasteiger partial charge is 0.394 e. The zero-order chi connectivity index (χ0) is 21.8. The Balaban J connectivity index is 1.57. The van der Waals surface area contributed by atoms with Gasteiger partial charge in [0.2, 0.25) is 0 Å². The van der Waals surface area contributed by atoms with E-state index in [1.54, 1.807) is 12.3 Å². The minimum absolute atomic E-state index is 0.170. The van der Waals surface area contributed by atoms with Gasteiger partial charge in [-0.2, -0.15) is 5.26 Å². The number of aliphatic hydroxyl groups is 1. The van der Waals surface area contributed by atoms with Crippen molar-refractivity contribution in [2.24, 2.45) is 0 Å². The molecule has 0 saturated carbocycles. The molecule has 2 N–H and O–H groups in total. The van der Waals surface area contributed by atoms with Gasteiger partial charge >= 0.3 is 0 Å². The maximum Gasteiger partial charge on any atom is 0.251 e. The maximum atomic E-state index is 13.0. The molecule has 0 spiro atoms. The van der Waals surface area contributed by atoms with Crippen molar-refractivity contribution in [1.29, 1.82) is 5.26 Å². The average molecular weight is 416 g/mol. The monoisotopic (exact) mass is 416 g/mol. The lowest BCUT2D eigenvalue weighted by Gasteiger charge is -2.38. The second-order valence-electron chi connectivity index (χ2n) is 7.64. The number of nitrogens with zero attached hydrogens (tertiary/aromatic N) is 3. The molecular formula is C24H24N4O3. The first-order chi connectivity index (χ1) is 15.1. The molecule has 158 valence electrons. The van der Waals surface area contributed by atoms with Crippen molar-refractivity contribution in [3.05, 3.63) is 71.9 Å². The summed E-state index contributed by atoms with van der Waals surface area (Å²) in [4.78, 5) is 19.5. The van der Waals surface area contributed by atoms with E-state index in [1.807, 2.05) is 55.5 Å². The molecule has 4 rings (SSSR count). The lowest BCUT2D eigenvalue weighted by molar-refractivity contribution is -0.138. The molecule has 1 amide bonds. The average Bonchev–Trinajstić information content (AvgIpc) is 2.81. The number of aromatic nitrogens is 1. The molecule has 1 aliphatic rings. The number of anilines is 1. The first kappa shape index (κ1) is 20.8. The number of ether oxygens (including phenoxy) is 1. The highest BCUT2D eigenvalue weighted by Crippen LogP contribution is 2.30. The predicted octanol–water partition coefficient (Wildman–Crippen LogP) is 2.55. The van der Waals surface area contributed by atoms with Gasteiger partial charge in [-0.1, -0.05) is 30.3 Å². The van der Waals surface area contributed by atoms with Crippen molar-refractivity contribution in [2.45, 2.75) is 25.2 Å². The van der Waals surface area contributed by atoms with Gasteiger partial charge in [0.25, 0.3) is 5.91 Å². The van der Waals surface area contributed by atoms with E-state index in [2.05, 4.69) is 21.3 Å². The number of carbonyl (C=O) groups is 1. The minimum atomic E-state index is -0.691. The highest BCUT2D eigenvalue weighted by atomic mass is 16.5. The molecule has 1 aromatic heterocycles. The Bertz CT molecular complexity index is 1110. The first-order valence-corrected chi connectivity index (χ1v) is 10.2. The van der Waals surface area contributed by atoms with Gasteiger partial charge < -0.3 is 20.1 Å². The van der Waals surface area contributed by atoms with E-state index < -0.39 is 12.1 Å². The minimum Gasteiger partial charge on any atom is -0.394 e. The molecule has 3 aromatic rings. The summed E-state index contributed by atoms with van der Waals surface area (Å²) in [6, 6.07) is 18.5. The summed E-state index contributed by atoms with van der Waals surface area (Å²) >= 11 is 0. The van der Waals surface area contributed by atoms with E-state index in [1.165, 1.54) is 0 Å². The molecule has 1 saturated heterocycles. The van der Waals surface area contributed by atoms with Gasteiger partial charge in [0.05, 0.1) is 36.4 Å². The van der Waals surface area contributed by atoms with Crippen molar-refractivity contribution < 1.29 is 14.6 Å². The van der Waals surface area contributed by atoms with E-state index in [4.69, 9.17) is 4.74 Å². The Morgan fingerprint density at radius 3 is 2.81 bits per heavy atom. The molecule has 0 unspecified atom stereocenters. The molecule has 7 heteroatoms. The number of rotatable bonds is 5. The third kappa shape index (κ3) is 4.36. The highest BCUT2D eigenvalue weighted by Gasteiger charge is 2.32. The summed E-state index contributed by atoms with van der Waals surface area (Å²) in [6.07, 6.45) is 0.809. The molecular weight excluding hydrogens is 392 g/mol. The van der Waals surface area contributed by atoms with Crippen molar-refractivity contribution in [1.82, 2.24) is 10.3 Å². The van der Waals surface area contributed by atoms with E-state index >= 15 is 0 Å². The van der Waals surface area contributed by atoms with E-state index in [0.717, 1.165) is 16.6 Å². The summed E-state index contributed by atoms with van der Waals surface area (Å²) in [5, 5.41) is 22.9. The van der Waals surface area contributed by atoms with Crippen LogP contribution in [0, 0.1) is 11.3 Å². The summed E-state index contributed by atoms with van der Waals surface area (Å²) < 4.78 is 5.93. The summed E-state index contributed by atoms with van der Waals surface area (Å²) in [6.45, 7) is 2.70. The maximum absolute atomic E-state index is 13.0. The standard InChI is InChI=1S/C24H24N4O3/c1-16-13-28(21-10-9-18(12-25)23-19(21)8-5-11-26-23)14-22(31-16)24(30)27-20(15-29)17-6-3-2-4-7-17/h2-11,16,20,22,29H,13-15H2,1H3,(H,27,30)/t16-,20+,22-/m1/s1. The van der Waals surface area contributed by atoms with Gasteiger partial charge in [0, 0.05) is 23.8 Å². The number of morpholine rings is 1. The number of hydrogen-bond acceptors (Lipinski definition) is 6. The molecule has 7 nitrogen and oxygen atoms in total. The van der Waals surface area contributed by atoms with Crippen molar-refractivity contribution in [3.63, 3.8) is 0 Å². The number of carbonyl (C=O) groups excluding carboxylic acids is 1. The van der Waals surface area contributed by atoms with Crippen LogP contribution in [0.4, 0.5) is 5.69 Å². The fraction of sp³-hybridized carbons (Fsp3) is 0.292. The van der Waals surface area contributed by atoms with Crippen molar-refractivity contribution in [2.75, 3.05) is 24.6 Å². The number of hydrogen-bond donors (Lipinski definition) is 2. The quantitative estimate of drug-likeness (QED) is 0.663. The molecule has 1 fully saturated rings. The number of nitriles is 1. The second-order valence-corrected chi connectivity index (χ2v) is 7.64. The number of benzene rings is 2. The van der Waals surface area contributed by atoms with Crippen LogP contribution >= 0.6 is 0 Å². The van der Waals surface area contributed by atoms with Crippen LogP contribution in [0.15, 0.2) is 60.8 Å². The Morgan fingerprint density at radius 1 is 1.26 bits per heavy atom. The SMILES string of the molecule is C[C@@H]1CN(c2ccc(C#N)c3ncccc23)C[C@H](C(=O)N[C@@H](CO)c2ccccc2)O1. The van der Waals surface area contributed by atoms with Gasteiger partial charge in [-0.3, -0.25) is 9.78 Å². The molecule has 1 aliphatic heterocycles. The fourth-order valence-electron chi connectivity index (χ4n) is 4.00. The highest BCUT2D eigenvalue weighted by molar-refractivity contribution is 5.95. The molecule has 0 bridgehead atoms. The van der Waals surface area contributed by atoms with Gasteiger partial charge in [-0.05, 0) is 36.8 Å². The fourth-order valence-corrected chi connectivity index (χ4v) is 4.00. The topological polar surface area (TPSA) is 98.5 Å². The van der Waals surface area contributed by atoms with Crippen LogP contribution in [0.2, 0.25) is 0 Å². The van der Waals surface area contributed by atoms with Gasteiger partial charge in [-0.15, -0.1) is 0 Å². The summed E-state index contributed by atoms with van der Waals surface area (Å²) in [7, 11) is 0. The third-order valence-electron chi connectivity index (χ3n) is 5.46. The Hall–Kier alpha value is -3.47. The first-order valence-electron chi connectivity index (χ1n) is 10.2. The number of pyridine rings is 1. The Kier molecular flexibility index (Phi) is 6.12. The van der Waals surface area contributed by atoms with Crippen LogP contribution < -0.4 is 10.2 Å². The van der Waals surface area contributed by atoms with Crippen molar-refractivity contribution >= 4 is 22.5 Å². The zero-order valence-electron chi connectivity index (χ0n) is 17.2. The van der Waals surface area contributed by atoms with E-state index in [-0.39, 0.29) is 18.6 Å². The summed E-state index contributed by atoms with van der Waals surface area (Å²) in [5.41, 5.74) is 2.91. The van der Waals surface area contributed by atoms with Crippen LogP contribution in [-0.2, 0) is 9.53 Å². The lowest BCUT2D eigenvalue weighted by atomic mass is 10.1. The van der Waals surface area contributed by atoms with E-state index in [9.17, 15) is 15.2 Å². The zero-order valence-corrected chi connectivity index (χ0v) is 17.2. The van der Waals surface area contributed by atoms with Gasteiger partial charge in [0.1, 0.15) is 6.07 Å². The number of amides is 1. The smallest absolute Gasteiger partial charge is 0.251 e. The lowest BCUT2D eigenvalue weighted by Crippen LogP contribution is -2.53. The molecule has 0 aliphatic carbocycles. The van der Waals surface area contributed by atoms with Gasteiger partial charge in [-0.25, -0.2) is 0 Å². The third-order valence-corrected chi connectivity index (χ3v) is 5.46. The van der Waals surface area contributed by atoms with E-state index in [0.29, 0.717) is 24.2 Å². The van der Waals surface area contributed by atoms with Crippen LogP contribution in [0.5, 0.6) is 0 Å². The van der Waals surface area contributed by atoms with Crippen LogP contribution in [0.25, 0.3) is 10.9 Å². The molecule has 2 aromatic carbocycles.